The highest BCUT2D eigenvalue weighted by atomic mass is 32.2. The molecule has 176 valence electrons. The van der Waals surface area contributed by atoms with Crippen LogP contribution >= 0.6 is 23.1 Å². The second-order valence-corrected chi connectivity index (χ2v) is 9.03. The third kappa shape index (κ3) is 5.07. The van der Waals surface area contributed by atoms with Crippen LogP contribution in [0.25, 0.3) is 10.6 Å². The zero-order valence-corrected chi connectivity index (χ0v) is 20.8. The van der Waals surface area contributed by atoms with E-state index in [1.807, 2.05) is 37.4 Å². The van der Waals surface area contributed by atoms with Crippen molar-refractivity contribution in [1.82, 2.24) is 15.1 Å². The number of carbonyl (C=O) groups is 1. The molecule has 1 aromatic carbocycles. The standard InChI is InChI=1S/C24H23N3O5S2/c1-14-19(15(2)32-27-14)13-34-22-18(8-6-10-25-22)24(28)31-11-16-12-33-23(26-16)17-7-5-9-20(29-3)21(17)30-4/h5-10,12H,11,13H2,1-4H3. The fourth-order valence-electron chi connectivity index (χ4n) is 3.28. The maximum atomic E-state index is 12.8. The molecule has 0 bridgehead atoms. The van der Waals surface area contributed by atoms with Crippen molar-refractivity contribution >= 4 is 29.1 Å². The van der Waals surface area contributed by atoms with E-state index in [0.717, 1.165) is 27.6 Å². The molecule has 8 nitrogen and oxygen atoms in total. The second-order valence-electron chi connectivity index (χ2n) is 7.21. The summed E-state index contributed by atoms with van der Waals surface area (Å²) in [7, 11) is 3.18. The number of thiazole rings is 1. The monoisotopic (exact) mass is 497 g/mol. The minimum absolute atomic E-state index is 0.0461. The quantitative estimate of drug-likeness (QED) is 0.220. The molecule has 0 saturated carbocycles. The van der Waals surface area contributed by atoms with E-state index in [1.165, 1.54) is 23.1 Å². The maximum absolute atomic E-state index is 12.8. The lowest BCUT2D eigenvalue weighted by Gasteiger charge is -2.10. The lowest BCUT2D eigenvalue weighted by Crippen LogP contribution is -2.08. The van der Waals surface area contributed by atoms with Crippen molar-refractivity contribution in [3.8, 4) is 22.1 Å². The molecule has 0 atom stereocenters. The number of hydrogen-bond donors (Lipinski definition) is 0. The summed E-state index contributed by atoms with van der Waals surface area (Å²) < 4.78 is 21.6. The minimum atomic E-state index is -0.456. The van der Waals surface area contributed by atoms with Gasteiger partial charge in [-0.05, 0) is 38.1 Å². The summed E-state index contributed by atoms with van der Waals surface area (Å²) in [6.45, 7) is 3.81. The molecule has 10 heteroatoms. The topological polar surface area (TPSA) is 96.6 Å². The Morgan fingerprint density at radius 1 is 1.15 bits per heavy atom. The molecule has 0 N–H and O–H groups in total. The summed E-state index contributed by atoms with van der Waals surface area (Å²) in [5.41, 5.74) is 3.70. The van der Waals surface area contributed by atoms with E-state index in [0.29, 0.717) is 33.5 Å². The van der Waals surface area contributed by atoms with Crippen molar-refractivity contribution < 1.29 is 23.5 Å². The van der Waals surface area contributed by atoms with Gasteiger partial charge in [0.2, 0.25) is 0 Å². The predicted octanol–water partition coefficient (Wildman–Crippen LogP) is 5.48. The van der Waals surface area contributed by atoms with Gasteiger partial charge in [-0.2, -0.15) is 0 Å². The van der Waals surface area contributed by atoms with E-state index in [-0.39, 0.29) is 6.61 Å². The molecule has 0 fully saturated rings. The molecule has 0 aliphatic rings. The number of aryl methyl sites for hydroxylation is 2. The van der Waals surface area contributed by atoms with E-state index in [2.05, 4.69) is 15.1 Å². The molecule has 0 radical (unpaired) electrons. The molecule has 4 rings (SSSR count). The molecule has 0 aliphatic heterocycles. The van der Waals surface area contributed by atoms with Crippen molar-refractivity contribution in [1.29, 1.82) is 0 Å². The van der Waals surface area contributed by atoms with Crippen LogP contribution in [0.3, 0.4) is 0 Å². The number of hydrogen-bond acceptors (Lipinski definition) is 10. The highest BCUT2D eigenvalue weighted by Crippen LogP contribution is 2.39. The van der Waals surface area contributed by atoms with Gasteiger partial charge in [0.1, 0.15) is 22.4 Å². The third-order valence-electron chi connectivity index (χ3n) is 5.06. The average molecular weight is 498 g/mol. The molecule has 0 saturated heterocycles. The Hall–Kier alpha value is -3.37. The molecule has 3 heterocycles. The van der Waals surface area contributed by atoms with E-state index in [1.54, 1.807) is 32.5 Å². The van der Waals surface area contributed by atoms with E-state index in [4.69, 9.17) is 18.7 Å². The van der Waals surface area contributed by atoms with Crippen LogP contribution < -0.4 is 9.47 Å². The third-order valence-corrected chi connectivity index (χ3v) is 7.02. The Bertz CT molecular complexity index is 1280. The van der Waals surface area contributed by atoms with Crippen LogP contribution in [0.1, 0.15) is 33.1 Å². The van der Waals surface area contributed by atoms with Crippen LogP contribution in [0.2, 0.25) is 0 Å². The Balaban J connectivity index is 1.44. The van der Waals surface area contributed by atoms with Gasteiger partial charge in [0.05, 0.1) is 36.7 Å². The number of thioether (sulfide) groups is 1. The van der Waals surface area contributed by atoms with Gasteiger partial charge in [0, 0.05) is 22.9 Å². The Labute approximate surface area is 205 Å². The normalized spacial score (nSPS) is 10.8. The second kappa shape index (κ2) is 10.7. The fourth-order valence-corrected chi connectivity index (χ4v) is 5.24. The van der Waals surface area contributed by atoms with Gasteiger partial charge in [0.15, 0.2) is 11.5 Å². The van der Waals surface area contributed by atoms with Crippen molar-refractivity contribution in [2.24, 2.45) is 0 Å². The summed E-state index contributed by atoms with van der Waals surface area (Å²) in [5, 5.41) is 7.17. The zero-order valence-electron chi connectivity index (χ0n) is 19.2. The molecule has 0 aliphatic carbocycles. The van der Waals surface area contributed by atoms with Gasteiger partial charge in [-0.15, -0.1) is 23.1 Å². The number of esters is 1. The van der Waals surface area contributed by atoms with Crippen molar-refractivity contribution in [3.05, 3.63) is 70.2 Å². The number of para-hydroxylation sites is 1. The van der Waals surface area contributed by atoms with Crippen LogP contribution in [0.4, 0.5) is 0 Å². The summed E-state index contributed by atoms with van der Waals surface area (Å²) in [6.07, 6.45) is 1.65. The van der Waals surface area contributed by atoms with Crippen LogP contribution in [0, 0.1) is 13.8 Å². The van der Waals surface area contributed by atoms with Gasteiger partial charge < -0.3 is 18.7 Å². The molecule has 34 heavy (non-hydrogen) atoms. The number of ether oxygens (including phenoxy) is 3. The molecule has 4 aromatic rings. The van der Waals surface area contributed by atoms with Crippen molar-refractivity contribution in [3.63, 3.8) is 0 Å². The summed E-state index contributed by atoms with van der Waals surface area (Å²) >= 11 is 2.88. The van der Waals surface area contributed by atoms with Crippen molar-refractivity contribution in [2.75, 3.05) is 14.2 Å². The largest absolute Gasteiger partial charge is 0.493 e. The molecule has 0 spiro atoms. The molecule has 0 unspecified atom stereocenters. The van der Waals surface area contributed by atoms with Gasteiger partial charge in [-0.3, -0.25) is 0 Å². The Morgan fingerprint density at radius 3 is 2.74 bits per heavy atom. The minimum Gasteiger partial charge on any atom is -0.493 e. The summed E-state index contributed by atoms with van der Waals surface area (Å²) in [4.78, 5) is 21.8. The van der Waals surface area contributed by atoms with Gasteiger partial charge in [-0.1, -0.05) is 11.2 Å². The Morgan fingerprint density at radius 2 is 2.00 bits per heavy atom. The average Bonchev–Trinajstić information content (AvgIpc) is 3.46. The number of nitrogens with zero attached hydrogens (tertiary/aromatic N) is 3. The first-order valence-corrected chi connectivity index (χ1v) is 12.2. The van der Waals surface area contributed by atoms with Gasteiger partial charge in [-0.25, -0.2) is 14.8 Å². The maximum Gasteiger partial charge on any atom is 0.341 e. The lowest BCUT2D eigenvalue weighted by atomic mass is 10.2. The summed E-state index contributed by atoms with van der Waals surface area (Å²) in [5.74, 6) is 2.13. The Kier molecular flexibility index (Phi) is 7.49. The number of carbonyl (C=O) groups excluding carboxylic acids is 1. The SMILES string of the molecule is COc1cccc(-c2nc(COC(=O)c3cccnc3SCc3c(C)noc3C)cs2)c1OC. The van der Waals surface area contributed by atoms with Gasteiger partial charge in [0.25, 0.3) is 0 Å². The smallest absolute Gasteiger partial charge is 0.341 e. The van der Waals surface area contributed by atoms with Crippen LogP contribution in [0.15, 0.2) is 51.5 Å². The zero-order chi connectivity index (χ0) is 24.1. The van der Waals surface area contributed by atoms with Crippen LogP contribution in [-0.4, -0.2) is 35.3 Å². The van der Waals surface area contributed by atoms with Crippen LogP contribution in [0.5, 0.6) is 11.5 Å². The van der Waals surface area contributed by atoms with E-state index >= 15 is 0 Å². The van der Waals surface area contributed by atoms with E-state index in [9.17, 15) is 4.79 Å². The number of pyridine rings is 1. The highest BCUT2D eigenvalue weighted by molar-refractivity contribution is 7.98. The molecular formula is C24H23N3O5S2. The van der Waals surface area contributed by atoms with Crippen LogP contribution in [-0.2, 0) is 17.1 Å². The first kappa shape index (κ1) is 23.8. The highest BCUT2D eigenvalue weighted by Gasteiger charge is 2.18. The van der Waals surface area contributed by atoms with Crippen molar-refractivity contribution in [2.45, 2.75) is 31.2 Å². The number of rotatable bonds is 9. The summed E-state index contributed by atoms with van der Waals surface area (Å²) in [6, 6.07) is 9.04. The molecule has 0 amide bonds. The van der Waals surface area contributed by atoms with E-state index < -0.39 is 5.97 Å². The molecule has 3 aromatic heterocycles. The number of benzene rings is 1. The first-order valence-electron chi connectivity index (χ1n) is 10.3. The fraction of sp³-hybridized carbons (Fsp3) is 0.250. The lowest BCUT2D eigenvalue weighted by molar-refractivity contribution is 0.0463. The number of aromatic nitrogens is 3. The molecular weight excluding hydrogens is 474 g/mol. The predicted molar refractivity (Wildman–Crippen MR) is 130 cm³/mol. The first-order chi connectivity index (χ1) is 16.5. The number of methoxy groups -OCH3 is 2. The van der Waals surface area contributed by atoms with Gasteiger partial charge >= 0.3 is 5.97 Å².